The maximum Gasteiger partial charge on any atom is 0.305 e. The van der Waals surface area contributed by atoms with Gasteiger partial charge in [-0.25, -0.2) is 8.42 Å². The van der Waals surface area contributed by atoms with Gasteiger partial charge < -0.3 is 10.0 Å². The molecule has 0 saturated heterocycles. The lowest BCUT2D eigenvalue weighted by Crippen LogP contribution is -2.31. The monoisotopic (exact) mass is 271 g/mol. The molecule has 1 aromatic carbocycles. The Balaban J connectivity index is 2.72. The van der Waals surface area contributed by atoms with Gasteiger partial charge in [-0.05, 0) is 12.1 Å². The van der Waals surface area contributed by atoms with Crippen LogP contribution in [0.5, 0.6) is 0 Å². The second kappa shape index (κ2) is 6.39. The number of hydrogen-bond donors (Lipinski definition) is 1. The molecule has 1 rings (SSSR count). The second-order valence-electron chi connectivity index (χ2n) is 4.10. The van der Waals surface area contributed by atoms with Crippen molar-refractivity contribution in [3.05, 3.63) is 30.3 Å². The van der Waals surface area contributed by atoms with Gasteiger partial charge in [0, 0.05) is 25.0 Å². The van der Waals surface area contributed by atoms with Gasteiger partial charge >= 0.3 is 5.97 Å². The van der Waals surface area contributed by atoms with E-state index in [1.807, 2.05) is 30.3 Å². The molecule has 0 heterocycles. The highest BCUT2D eigenvalue weighted by Gasteiger charge is 2.11. The third-order valence-corrected chi connectivity index (χ3v) is 3.37. The number of aliphatic carboxylic acids is 1. The first-order valence-corrected chi connectivity index (χ1v) is 7.64. The number of carboxylic acid groups (broad SMARTS) is 1. The minimum absolute atomic E-state index is 0.0152. The van der Waals surface area contributed by atoms with Crippen LogP contribution in [-0.4, -0.2) is 44.6 Å². The molecule has 0 saturated carbocycles. The molecule has 0 atom stereocenters. The molecule has 0 radical (unpaired) electrons. The number of nitrogens with zero attached hydrogens (tertiary/aromatic N) is 1. The first-order valence-electron chi connectivity index (χ1n) is 5.58. The summed E-state index contributed by atoms with van der Waals surface area (Å²) < 4.78 is 22.3. The summed E-state index contributed by atoms with van der Waals surface area (Å²) in [7, 11) is -3.05. The first-order chi connectivity index (χ1) is 8.38. The van der Waals surface area contributed by atoms with Crippen molar-refractivity contribution in [2.75, 3.05) is 30.0 Å². The molecule has 5 nitrogen and oxygen atoms in total. The summed E-state index contributed by atoms with van der Waals surface area (Å²) in [4.78, 5) is 12.4. The van der Waals surface area contributed by atoms with E-state index in [-0.39, 0.29) is 12.2 Å². The van der Waals surface area contributed by atoms with Crippen LogP contribution in [0.15, 0.2) is 30.3 Å². The fraction of sp³-hybridized carbons (Fsp3) is 0.417. The van der Waals surface area contributed by atoms with Crippen molar-refractivity contribution in [1.29, 1.82) is 0 Å². The summed E-state index contributed by atoms with van der Waals surface area (Å²) in [5.41, 5.74) is 0.836. The number of sulfone groups is 1. The zero-order chi connectivity index (χ0) is 13.6. The van der Waals surface area contributed by atoms with Crippen LogP contribution in [-0.2, 0) is 14.6 Å². The van der Waals surface area contributed by atoms with E-state index in [1.54, 1.807) is 4.90 Å². The molecule has 0 unspecified atom stereocenters. The zero-order valence-electron chi connectivity index (χ0n) is 10.2. The maximum atomic E-state index is 11.2. The number of hydrogen-bond acceptors (Lipinski definition) is 4. The lowest BCUT2D eigenvalue weighted by molar-refractivity contribution is -0.136. The molecular weight excluding hydrogens is 254 g/mol. The zero-order valence-corrected chi connectivity index (χ0v) is 11.1. The molecule has 0 amide bonds. The second-order valence-corrected chi connectivity index (χ2v) is 6.36. The number of carboxylic acids is 1. The van der Waals surface area contributed by atoms with Gasteiger partial charge in [0.1, 0.15) is 9.84 Å². The number of anilines is 1. The number of para-hydroxylation sites is 1. The lowest BCUT2D eigenvalue weighted by Gasteiger charge is -2.23. The van der Waals surface area contributed by atoms with Gasteiger partial charge in [-0.3, -0.25) is 4.79 Å². The van der Waals surface area contributed by atoms with Crippen LogP contribution in [0.4, 0.5) is 5.69 Å². The summed E-state index contributed by atoms with van der Waals surface area (Å²) in [5.74, 6) is -0.878. The Morgan fingerprint density at radius 2 is 1.83 bits per heavy atom. The van der Waals surface area contributed by atoms with Crippen LogP contribution in [0.1, 0.15) is 6.42 Å². The highest BCUT2D eigenvalue weighted by molar-refractivity contribution is 7.90. The number of benzene rings is 1. The summed E-state index contributed by atoms with van der Waals surface area (Å²) >= 11 is 0. The smallest absolute Gasteiger partial charge is 0.305 e. The first kappa shape index (κ1) is 14.5. The summed E-state index contributed by atoms with van der Waals surface area (Å²) in [6.07, 6.45) is 1.16. The molecule has 1 N–H and O–H groups in total. The van der Waals surface area contributed by atoms with Crippen molar-refractivity contribution in [3.8, 4) is 0 Å². The molecule has 1 aromatic rings. The third-order valence-electron chi connectivity index (χ3n) is 2.45. The van der Waals surface area contributed by atoms with Crippen LogP contribution < -0.4 is 4.90 Å². The van der Waals surface area contributed by atoms with E-state index in [1.165, 1.54) is 6.26 Å². The average molecular weight is 271 g/mol. The Labute approximate surface area is 107 Å². The summed E-state index contributed by atoms with van der Waals surface area (Å²) in [6.45, 7) is 0.602. The van der Waals surface area contributed by atoms with Crippen molar-refractivity contribution in [2.45, 2.75) is 6.42 Å². The van der Waals surface area contributed by atoms with E-state index < -0.39 is 15.8 Å². The molecule has 0 fully saturated rings. The standard InChI is InChI=1S/C12H17NO4S/c1-18(16,17)10-9-13(8-7-12(14)15)11-5-3-2-4-6-11/h2-6H,7-10H2,1H3,(H,14,15). The van der Waals surface area contributed by atoms with E-state index >= 15 is 0 Å². The normalized spacial score (nSPS) is 11.2. The summed E-state index contributed by atoms with van der Waals surface area (Å²) in [5, 5.41) is 8.69. The van der Waals surface area contributed by atoms with E-state index in [0.29, 0.717) is 13.1 Å². The number of rotatable bonds is 7. The predicted molar refractivity (Wildman–Crippen MR) is 70.6 cm³/mol. The van der Waals surface area contributed by atoms with Gasteiger partial charge in [-0.15, -0.1) is 0 Å². The van der Waals surface area contributed by atoms with Crippen LogP contribution in [0.25, 0.3) is 0 Å². The molecular formula is C12H17NO4S. The SMILES string of the molecule is CS(=O)(=O)CCN(CCC(=O)O)c1ccccc1. The molecule has 0 aliphatic heterocycles. The Morgan fingerprint density at radius 1 is 1.22 bits per heavy atom. The maximum absolute atomic E-state index is 11.2. The molecule has 0 spiro atoms. The van der Waals surface area contributed by atoms with Gasteiger partial charge in [0.2, 0.25) is 0 Å². The minimum Gasteiger partial charge on any atom is -0.481 e. The van der Waals surface area contributed by atoms with Gasteiger partial charge in [0.05, 0.1) is 12.2 Å². The molecule has 0 aromatic heterocycles. The lowest BCUT2D eigenvalue weighted by atomic mass is 10.2. The quantitative estimate of drug-likeness (QED) is 0.801. The highest BCUT2D eigenvalue weighted by atomic mass is 32.2. The van der Waals surface area contributed by atoms with Crippen LogP contribution >= 0.6 is 0 Å². The Hall–Kier alpha value is -1.56. The van der Waals surface area contributed by atoms with Crippen molar-refractivity contribution >= 4 is 21.5 Å². The number of carbonyl (C=O) groups is 1. The van der Waals surface area contributed by atoms with E-state index in [4.69, 9.17) is 5.11 Å². The van der Waals surface area contributed by atoms with Crippen molar-refractivity contribution < 1.29 is 18.3 Å². The molecule has 0 aliphatic rings. The van der Waals surface area contributed by atoms with Gasteiger partial charge in [-0.2, -0.15) is 0 Å². The Kier molecular flexibility index (Phi) is 5.15. The van der Waals surface area contributed by atoms with Crippen molar-refractivity contribution in [1.82, 2.24) is 0 Å². The third kappa shape index (κ3) is 5.67. The van der Waals surface area contributed by atoms with Crippen LogP contribution in [0.3, 0.4) is 0 Å². The molecule has 0 bridgehead atoms. The van der Waals surface area contributed by atoms with Gasteiger partial charge in [0.15, 0.2) is 0 Å². The minimum atomic E-state index is -3.05. The van der Waals surface area contributed by atoms with E-state index in [0.717, 1.165) is 5.69 Å². The van der Waals surface area contributed by atoms with E-state index in [2.05, 4.69) is 0 Å². The topological polar surface area (TPSA) is 74.7 Å². The predicted octanol–water partition coefficient (Wildman–Crippen LogP) is 1.01. The summed E-state index contributed by atoms with van der Waals surface area (Å²) in [6, 6.07) is 9.21. The molecule has 100 valence electrons. The van der Waals surface area contributed by atoms with Crippen molar-refractivity contribution in [3.63, 3.8) is 0 Å². The molecule has 0 aliphatic carbocycles. The Morgan fingerprint density at radius 3 is 2.33 bits per heavy atom. The fourth-order valence-electron chi connectivity index (χ4n) is 1.52. The van der Waals surface area contributed by atoms with Gasteiger partial charge in [0.25, 0.3) is 0 Å². The average Bonchev–Trinajstić information content (AvgIpc) is 2.28. The highest BCUT2D eigenvalue weighted by Crippen LogP contribution is 2.13. The van der Waals surface area contributed by atoms with Crippen LogP contribution in [0, 0.1) is 0 Å². The molecule has 6 heteroatoms. The van der Waals surface area contributed by atoms with Crippen LogP contribution in [0.2, 0.25) is 0 Å². The molecule has 18 heavy (non-hydrogen) atoms. The van der Waals surface area contributed by atoms with E-state index in [9.17, 15) is 13.2 Å². The largest absolute Gasteiger partial charge is 0.481 e. The fourth-order valence-corrected chi connectivity index (χ4v) is 2.07. The van der Waals surface area contributed by atoms with Gasteiger partial charge in [-0.1, -0.05) is 18.2 Å². The van der Waals surface area contributed by atoms with Crippen molar-refractivity contribution in [2.24, 2.45) is 0 Å². The Bertz CT molecular complexity index is 484.